The van der Waals surface area contributed by atoms with Crippen molar-refractivity contribution in [2.75, 3.05) is 6.26 Å². The van der Waals surface area contributed by atoms with Crippen LogP contribution in [-0.2, 0) is 4.74 Å². The SMILES string of the molecule is CSc1ccc(C(=O)NC2CCC(NC(=O)O)CC2NC(=O)OC(C)(C)C)cc1. The predicted octanol–water partition coefficient (Wildman–Crippen LogP) is 3.22. The van der Waals surface area contributed by atoms with Gasteiger partial charge in [-0.15, -0.1) is 11.8 Å². The van der Waals surface area contributed by atoms with Crippen molar-refractivity contribution in [1.82, 2.24) is 16.0 Å². The largest absolute Gasteiger partial charge is 0.465 e. The van der Waals surface area contributed by atoms with Gasteiger partial charge in [-0.3, -0.25) is 4.79 Å². The number of amides is 3. The molecule has 0 aromatic heterocycles. The quantitative estimate of drug-likeness (QED) is 0.540. The van der Waals surface area contributed by atoms with Gasteiger partial charge in [-0.25, -0.2) is 9.59 Å². The van der Waals surface area contributed by atoms with Gasteiger partial charge in [0, 0.05) is 22.5 Å². The molecule has 160 valence electrons. The molecule has 0 aliphatic heterocycles. The molecule has 1 aromatic carbocycles. The molecule has 0 saturated heterocycles. The van der Waals surface area contributed by atoms with E-state index in [1.807, 2.05) is 18.4 Å². The number of hydrogen-bond acceptors (Lipinski definition) is 5. The van der Waals surface area contributed by atoms with E-state index < -0.39 is 23.8 Å². The smallest absolute Gasteiger partial charge is 0.407 e. The molecule has 1 aliphatic rings. The van der Waals surface area contributed by atoms with Crippen LogP contribution >= 0.6 is 11.8 Å². The second kappa shape index (κ2) is 9.87. The number of carbonyl (C=O) groups excluding carboxylic acids is 2. The molecule has 1 aromatic rings. The van der Waals surface area contributed by atoms with Gasteiger partial charge in [0.15, 0.2) is 0 Å². The summed E-state index contributed by atoms with van der Waals surface area (Å²) in [5.41, 5.74) is -0.125. The molecule has 1 aliphatic carbocycles. The van der Waals surface area contributed by atoms with Gasteiger partial charge in [0.2, 0.25) is 0 Å². The van der Waals surface area contributed by atoms with Gasteiger partial charge >= 0.3 is 12.2 Å². The molecule has 0 bridgehead atoms. The first-order chi connectivity index (χ1) is 13.6. The first-order valence-corrected chi connectivity index (χ1v) is 10.7. The Bertz CT molecular complexity index is 733. The molecule has 8 nitrogen and oxygen atoms in total. The average molecular weight is 424 g/mol. The fourth-order valence-electron chi connectivity index (χ4n) is 3.26. The van der Waals surface area contributed by atoms with Gasteiger partial charge in [-0.05, 0) is 70.6 Å². The number of nitrogens with one attached hydrogen (secondary N) is 3. The molecule has 2 rings (SSSR count). The maximum absolute atomic E-state index is 12.7. The summed E-state index contributed by atoms with van der Waals surface area (Å²) in [5, 5.41) is 17.2. The summed E-state index contributed by atoms with van der Waals surface area (Å²) < 4.78 is 5.32. The minimum atomic E-state index is -1.11. The van der Waals surface area contributed by atoms with Crippen molar-refractivity contribution in [3.05, 3.63) is 29.8 Å². The van der Waals surface area contributed by atoms with Crippen molar-refractivity contribution < 1.29 is 24.2 Å². The summed E-state index contributed by atoms with van der Waals surface area (Å²) in [7, 11) is 0. The van der Waals surface area contributed by atoms with Gasteiger partial charge in [-0.2, -0.15) is 0 Å². The average Bonchev–Trinajstić information content (AvgIpc) is 2.61. The summed E-state index contributed by atoms with van der Waals surface area (Å²) >= 11 is 1.59. The lowest BCUT2D eigenvalue weighted by molar-refractivity contribution is 0.0468. The van der Waals surface area contributed by atoms with Crippen LogP contribution in [-0.4, -0.2) is 53.2 Å². The zero-order chi connectivity index (χ0) is 21.6. The standard InChI is InChI=1S/C20H29N3O5S/c1-20(2,3)28-19(27)23-16-11-13(21-18(25)26)7-10-15(16)22-17(24)12-5-8-14(29-4)9-6-12/h5-6,8-9,13,15-16,21H,7,10-11H2,1-4H3,(H,22,24)(H,23,27)(H,25,26). The highest BCUT2D eigenvalue weighted by Crippen LogP contribution is 2.21. The molecule has 1 fully saturated rings. The third-order valence-electron chi connectivity index (χ3n) is 4.55. The number of ether oxygens (including phenoxy) is 1. The second-order valence-corrected chi connectivity index (χ2v) is 8.90. The molecule has 0 radical (unpaired) electrons. The fraction of sp³-hybridized carbons (Fsp3) is 0.550. The van der Waals surface area contributed by atoms with Crippen molar-refractivity contribution in [3.63, 3.8) is 0 Å². The lowest BCUT2D eigenvalue weighted by Crippen LogP contribution is -2.58. The molecule has 29 heavy (non-hydrogen) atoms. The highest BCUT2D eigenvalue weighted by atomic mass is 32.2. The maximum Gasteiger partial charge on any atom is 0.407 e. The first kappa shape index (κ1) is 22.9. The minimum Gasteiger partial charge on any atom is -0.465 e. The Morgan fingerprint density at radius 2 is 1.69 bits per heavy atom. The maximum atomic E-state index is 12.7. The van der Waals surface area contributed by atoms with Gasteiger partial charge < -0.3 is 25.8 Å². The van der Waals surface area contributed by atoms with Crippen molar-refractivity contribution in [1.29, 1.82) is 0 Å². The molecular weight excluding hydrogens is 394 g/mol. The van der Waals surface area contributed by atoms with Gasteiger partial charge in [0.1, 0.15) is 5.60 Å². The van der Waals surface area contributed by atoms with Crippen LogP contribution in [0.2, 0.25) is 0 Å². The molecule has 1 saturated carbocycles. The summed E-state index contributed by atoms with van der Waals surface area (Å²) in [6.45, 7) is 5.29. The predicted molar refractivity (Wildman–Crippen MR) is 111 cm³/mol. The van der Waals surface area contributed by atoms with Crippen LogP contribution in [0.3, 0.4) is 0 Å². The van der Waals surface area contributed by atoms with Crippen LogP contribution in [0.1, 0.15) is 50.4 Å². The molecule has 3 unspecified atom stereocenters. The Morgan fingerprint density at radius 1 is 1.03 bits per heavy atom. The molecular formula is C20H29N3O5S. The zero-order valence-electron chi connectivity index (χ0n) is 17.2. The topological polar surface area (TPSA) is 117 Å². The summed E-state index contributed by atoms with van der Waals surface area (Å²) in [5.74, 6) is -0.233. The van der Waals surface area contributed by atoms with Crippen molar-refractivity contribution >= 4 is 29.9 Å². The lowest BCUT2D eigenvalue weighted by atomic mass is 9.86. The van der Waals surface area contributed by atoms with Gasteiger partial charge in [-0.1, -0.05) is 0 Å². The van der Waals surface area contributed by atoms with Crippen molar-refractivity contribution in [2.24, 2.45) is 0 Å². The highest BCUT2D eigenvalue weighted by Gasteiger charge is 2.34. The summed E-state index contributed by atoms with van der Waals surface area (Å²) in [6, 6.07) is 6.19. The van der Waals surface area contributed by atoms with Gasteiger partial charge in [0.05, 0.1) is 6.04 Å². The van der Waals surface area contributed by atoms with E-state index in [-0.39, 0.29) is 18.0 Å². The fourth-order valence-corrected chi connectivity index (χ4v) is 3.67. The Hall–Kier alpha value is -2.42. The van der Waals surface area contributed by atoms with E-state index in [2.05, 4.69) is 16.0 Å². The summed E-state index contributed by atoms with van der Waals surface area (Å²) in [4.78, 5) is 37.0. The van der Waals surface area contributed by atoms with E-state index >= 15 is 0 Å². The van der Waals surface area contributed by atoms with E-state index in [4.69, 9.17) is 9.84 Å². The zero-order valence-corrected chi connectivity index (χ0v) is 18.0. The van der Waals surface area contributed by atoms with Crippen LogP contribution in [0.15, 0.2) is 29.2 Å². The number of hydrogen-bond donors (Lipinski definition) is 4. The Labute approximate surface area is 175 Å². The van der Waals surface area contributed by atoms with E-state index in [1.165, 1.54) is 0 Å². The van der Waals surface area contributed by atoms with E-state index in [9.17, 15) is 14.4 Å². The number of benzene rings is 1. The van der Waals surface area contributed by atoms with Crippen molar-refractivity contribution in [2.45, 2.75) is 68.7 Å². The number of carboxylic acid groups (broad SMARTS) is 1. The Balaban J connectivity index is 2.07. The molecule has 3 amide bonds. The lowest BCUT2D eigenvalue weighted by Gasteiger charge is -2.37. The Kier molecular flexibility index (Phi) is 7.78. The normalized spacial score (nSPS) is 21.7. The highest BCUT2D eigenvalue weighted by molar-refractivity contribution is 7.98. The van der Waals surface area contributed by atoms with Crippen LogP contribution in [0.25, 0.3) is 0 Å². The number of thioether (sulfide) groups is 1. The Morgan fingerprint density at radius 3 is 2.24 bits per heavy atom. The van der Waals surface area contributed by atoms with Crippen LogP contribution in [0.4, 0.5) is 9.59 Å². The second-order valence-electron chi connectivity index (χ2n) is 8.02. The number of rotatable bonds is 5. The third kappa shape index (κ3) is 7.49. The molecule has 0 heterocycles. The summed E-state index contributed by atoms with van der Waals surface area (Å²) in [6.07, 6.45) is 1.72. The number of alkyl carbamates (subject to hydrolysis) is 1. The van der Waals surface area contributed by atoms with E-state index in [1.54, 1.807) is 44.7 Å². The minimum absolute atomic E-state index is 0.233. The molecule has 3 atom stereocenters. The third-order valence-corrected chi connectivity index (χ3v) is 5.29. The molecule has 9 heteroatoms. The van der Waals surface area contributed by atoms with Crippen LogP contribution in [0, 0.1) is 0 Å². The number of carbonyl (C=O) groups is 3. The van der Waals surface area contributed by atoms with E-state index in [0.717, 1.165) is 4.90 Å². The van der Waals surface area contributed by atoms with Crippen LogP contribution < -0.4 is 16.0 Å². The van der Waals surface area contributed by atoms with Crippen LogP contribution in [0.5, 0.6) is 0 Å². The van der Waals surface area contributed by atoms with Crippen molar-refractivity contribution in [3.8, 4) is 0 Å². The molecule has 4 N–H and O–H groups in total. The monoisotopic (exact) mass is 423 g/mol. The van der Waals surface area contributed by atoms with Gasteiger partial charge in [0.25, 0.3) is 5.91 Å². The van der Waals surface area contributed by atoms with E-state index in [0.29, 0.717) is 24.8 Å². The first-order valence-electron chi connectivity index (χ1n) is 9.51. The molecule has 0 spiro atoms.